The van der Waals surface area contributed by atoms with Crippen molar-refractivity contribution in [2.75, 3.05) is 6.54 Å². The fourth-order valence-electron chi connectivity index (χ4n) is 11.7. The summed E-state index contributed by atoms with van der Waals surface area (Å²) in [5.74, 6) is -4.48. The quantitative estimate of drug-likeness (QED) is 0.0573. The first-order valence-electron chi connectivity index (χ1n) is 25.5. The molecule has 1 unspecified atom stereocenters. The van der Waals surface area contributed by atoms with Crippen LogP contribution in [0.25, 0.3) is 0 Å². The first-order chi connectivity index (χ1) is 29.9. The molecule has 16 atom stereocenters. The minimum absolute atomic E-state index is 0.0348. The molecule has 4 N–H and O–H groups in total. The normalized spacial score (nSPS) is 39.6. The summed E-state index contributed by atoms with van der Waals surface area (Å²) in [6.07, 6.45) is 19.7. The van der Waals surface area contributed by atoms with Crippen LogP contribution >= 0.6 is 0 Å². The number of hydrogen-bond acceptors (Lipinski definition) is 10. The van der Waals surface area contributed by atoms with Crippen LogP contribution in [0.4, 0.5) is 0 Å². The minimum Gasteiger partial charge on any atom is -0.481 e. The molecule has 0 aromatic rings. The van der Waals surface area contributed by atoms with E-state index in [0.29, 0.717) is 44.1 Å². The van der Waals surface area contributed by atoms with Gasteiger partial charge in [0.15, 0.2) is 11.6 Å². The molecule has 0 saturated carbocycles. The molecular weight excluding hydrogens is 799 g/mol. The Kier molecular flexibility index (Phi) is 19.0. The minimum atomic E-state index is -1.16. The monoisotopic (exact) mass is 888 g/mol. The molecule has 0 aromatic carbocycles. The molecule has 0 radical (unpaired) electrons. The first kappa shape index (κ1) is 52.3. The number of unbranched alkanes of at least 4 members (excludes halogenated alkanes) is 9. The molecule has 4 fully saturated rings. The zero-order chi connectivity index (χ0) is 46.2. The van der Waals surface area contributed by atoms with E-state index in [1.54, 1.807) is 6.92 Å². The average molecular weight is 888 g/mol. The number of carboxylic acid groups (broad SMARTS) is 1. The number of Topliss-reactive ketones (excluding diaryl/α,β-unsaturated/α-hetero) is 1. The summed E-state index contributed by atoms with van der Waals surface area (Å²) in [7, 11) is 0. The Morgan fingerprint density at radius 3 is 2.16 bits per heavy atom. The van der Waals surface area contributed by atoms with Crippen molar-refractivity contribution in [3.63, 3.8) is 0 Å². The van der Waals surface area contributed by atoms with Gasteiger partial charge in [0.05, 0.1) is 60.3 Å². The van der Waals surface area contributed by atoms with Crippen molar-refractivity contribution in [2.45, 2.75) is 256 Å². The van der Waals surface area contributed by atoms with E-state index in [1.165, 1.54) is 57.8 Å². The van der Waals surface area contributed by atoms with Crippen LogP contribution in [-0.4, -0.2) is 99.1 Å². The fraction of sp³-hybridized carbons (Fsp3) is 0.885. The number of hydrogen-bond donors (Lipinski definition) is 4. The number of carbonyl (C=O) groups is 2. The summed E-state index contributed by atoms with van der Waals surface area (Å²) in [5, 5.41) is 36.2. The maximum atomic E-state index is 14.6. The summed E-state index contributed by atoms with van der Waals surface area (Å²) in [5.41, 5.74) is -1.08. The summed E-state index contributed by atoms with van der Waals surface area (Å²) < 4.78 is 34.7. The van der Waals surface area contributed by atoms with Gasteiger partial charge >= 0.3 is 5.97 Å². The number of ketones is 1. The van der Waals surface area contributed by atoms with Crippen LogP contribution in [0.15, 0.2) is 24.3 Å². The van der Waals surface area contributed by atoms with Crippen molar-refractivity contribution < 1.29 is 48.6 Å². The van der Waals surface area contributed by atoms with Crippen LogP contribution < -0.4 is 5.32 Å². The Labute approximate surface area is 381 Å². The van der Waals surface area contributed by atoms with E-state index < -0.39 is 65.0 Å². The molecule has 0 aliphatic carbocycles. The van der Waals surface area contributed by atoms with Crippen LogP contribution in [0.5, 0.6) is 0 Å². The second-order valence-electron chi connectivity index (χ2n) is 21.0. The summed E-state index contributed by atoms with van der Waals surface area (Å²) in [4.78, 5) is 26.1. The standard InChI is InChI=1S/C52H89NO10/c1-11-14-15-16-17-18-19-20-21-22-31-53-42-25-28-51(63-52(42)30-29-49(10,62-52)43-26-27-50(58,13-3)39(9)59-43)36(6)32-35(5)48(61-51)41(12-2)46(57)37(7)45(56)38(8)47-34(4)23-24-40(60-47)33-44(54)55/h25,28,34-37,39-43,45,47-48,53,56,58H,8,11-24,26-27,29-33H2,1-7,9-10H3,(H,54,55)/t34-,35-,36+,37-,39-,40+,41-,42+,43+,45+,47?,48-,49-,50+,51-,52-/m0/s1. The van der Waals surface area contributed by atoms with Gasteiger partial charge in [0, 0.05) is 24.2 Å². The van der Waals surface area contributed by atoms with E-state index in [1.807, 2.05) is 27.7 Å². The molecule has 5 aliphatic heterocycles. The molecule has 0 aromatic heterocycles. The Morgan fingerprint density at radius 1 is 0.873 bits per heavy atom. The molecule has 0 amide bonds. The highest BCUT2D eigenvalue weighted by molar-refractivity contribution is 5.84. The lowest BCUT2D eigenvalue weighted by atomic mass is 9.73. The van der Waals surface area contributed by atoms with Gasteiger partial charge in [-0.3, -0.25) is 9.59 Å². The van der Waals surface area contributed by atoms with Gasteiger partial charge in [-0.2, -0.15) is 0 Å². The molecule has 11 heteroatoms. The third kappa shape index (κ3) is 12.3. The smallest absolute Gasteiger partial charge is 0.305 e. The zero-order valence-electron chi connectivity index (χ0n) is 40.8. The highest BCUT2D eigenvalue weighted by atomic mass is 16.8. The highest BCUT2D eigenvalue weighted by Gasteiger charge is 2.63. The highest BCUT2D eigenvalue weighted by Crippen LogP contribution is 2.54. The molecule has 2 spiro atoms. The molecule has 5 aliphatic rings. The lowest BCUT2D eigenvalue weighted by Gasteiger charge is -2.55. The predicted molar refractivity (Wildman–Crippen MR) is 247 cm³/mol. The van der Waals surface area contributed by atoms with Crippen molar-refractivity contribution >= 4 is 11.8 Å². The van der Waals surface area contributed by atoms with Crippen LogP contribution in [-0.2, 0) is 33.3 Å². The SMILES string of the molecule is C=C(C1O[C@@H](CC(=O)O)CC[C@@H]1C)[C@H](O)[C@H](C)C(=O)[C@H](CC)[C@H]1O[C@]2(C=C[C@@H](NCCCCCCCCCCCC)[C@]3(CC[C@@](C)([C@H]4CC[C@](O)(CC)[C@H](C)O4)O3)O2)[C@H](C)C[C@@H]1C. The van der Waals surface area contributed by atoms with Gasteiger partial charge in [0.25, 0.3) is 0 Å². The zero-order valence-corrected chi connectivity index (χ0v) is 40.8. The lowest BCUT2D eigenvalue weighted by molar-refractivity contribution is -0.398. The number of rotatable bonds is 23. The van der Waals surface area contributed by atoms with E-state index in [9.17, 15) is 24.9 Å². The number of aliphatic hydroxyl groups is 2. The van der Waals surface area contributed by atoms with E-state index in [-0.39, 0.29) is 48.2 Å². The van der Waals surface area contributed by atoms with Crippen LogP contribution in [0, 0.1) is 29.6 Å². The second-order valence-corrected chi connectivity index (χ2v) is 21.0. The first-order valence-corrected chi connectivity index (χ1v) is 25.5. The fourth-order valence-corrected chi connectivity index (χ4v) is 11.7. The largest absolute Gasteiger partial charge is 0.481 e. The molecule has 4 saturated heterocycles. The Hall–Kier alpha value is -1.70. The number of aliphatic hydroxyl groups excluding tert-OH is 1. The van der Waals surface area contributed by atoms with E-state index in [4.69, 9.17) is 23.7 Å². The summed E-state index contributed by atoms with van der Waals surface area (Å²) in [6.45, 7) is 23.5. The molecule has 5 heterocycles. The summed E-state index contributed by atoms with van der Waals surface area (Å²) >= 11 is 0. The maximum Gasteiger partial charge on any atom is 0.305 e. The van der Waals surface area contributed by atoms with Gasteiger partial charge in [-0.15, -0.1) is 0 Å². The molecule has 5 rings (SSSR count). The van der Waals surface area contributed by atoms with Crippen molar-refractivity contribution in [3.05, 3.63) is 24.3 Å². The molecular formula is C52H89NO10. The van der Waals surface area contributed by atoms with E-state index in [0.717, 1.165) is 32.2 Å². The summed E-state index contributed by atoms with van der Waals surface area (Å²) in [6, 6.07) is -0.227. The van der Waals surface area contributed by atoms with Crippen molar-refractivity contribution in [1.29, 1.82) is 0 Å². The van der Waals surface area contributed by atoms with Gasteiger partial charge in [0.1, 0.15) is 5.78 Å². The third-order valence-corrected chi connectivity index (χ3v) is 16.2. The number of carboxylic acids is 1. The van der Waals surface area contributed by atoms with Gasteiger partial charge in [-0.1, -0.05) is 119 Å². The second kappa shape index (κ2) is 22.9. The number of carbonyl (C=O) groups excluding carboxylic acids is 1. The Bertz CT molecular complexity index is 1520. The topological polar surface area (TPSA) is 153 Å². The number of nitrogens with one attached hydrogen (secondary N) is 1. The van der Waals surface area contributed by atoms with Crippen LogP contribution in [0.2, 0.25) is 0 Å². The van der Waals surface area contributed by atoms with Crippen LogP contribution in [0.3, 0.4) is 0 Å². The van der Waals surface area contributed by atoms with Gasteiger partial charge in [-0.25, -0.2) is 0 Å². The molecule has 11 nitrogen and oxygen atoms in total. The van der Waals surface area contributed by atoms with E-state index in [2.05, 4.69) is 51.7 Å². The van der Waals surface area contributed by atoms with Gasteiger partial charge in [-0.05, 0) is 102 Å². The average Bonchev–Trinajstić information content (AvgIpc) is 3.59. The third-order valence-electron chi connectivity index (χ3n) is 16.2. The number of ether oxygens (including phenoxy) is 5. The predicted octanol–water partition coefficient (Wildman–Crippen LogP) is 9.99. The van der Waals surface area contributed by atoms with Crippen molar-refractivity contribution in [3.8, 4) is 0 Å². The van der Waals surface area contributed by atoms with Crippen molar-refractivity contribution in [1.82, 2.24) is 5.32 Å². The lowest BCUT2D eigenvalue weighted by Crippen LogP contribution is -2.65. The molecule has 63 heavy (non-hydrogen) atoms. The maximum absolute atomic E-state index is 14.6. The number of aliphatic carboxylic acids is 1. The van der Waals surface area contributed by atoms with E-state index >= 15 is 0 Å². The van der Waals surface area contributed by atoms with Gasteiger partial charge < -0.3 is 44.3 Å². The van der Waals surface area contributed by atoms with Crippen molar-refractivity contribution in [2.24, 2.45) is 29.6 Å². The Balaban J connectivity index is 1.32. The molecule has 0 bridgehead atoms. The Morgan fingerprint density at radius 2 is 1.54 bits per heavy atom. The van der Waals surface area contributed by atoms with Crippen LogP contribution in [0.1, 0.15) is 191 Å². The van der Waals surface area contributed by atoms with Gasteiger partial charge in [0.2, 0.25) is 0 Å². The molecule has 362 valence electrons.